The molecule has 1 aliphatic heterocycles. The van der Waals surface area contributed by atoms with E-state index in [0.29, 0.717) is 13.0 Å². The van der Waals surface area contributed by atoms with E-state index in [1.807, 2.05) is 0 Å². The molecule has 4 heteroatoms. The van der Waals surface area contributed by atoms with Crippen molar-refractivity contribution in [2.24, 2.45) is 0 Å². The first-order valence-electron chi connectivity index (χ1n) is 6.88. The van der Waals surface area contributed by atoms with Gasteiger partial charge in [0.2, 0.25) is 0 Å². The number of rotatable bonds is 7. The highest BCUT2D eigenvalue weighted by atomic mass is 16.5. The summed E-state index contributed by atoms with van der Waals surface area (Å²) in [5, 5.41) is 12.9. The molecule has 0 spiro atoms. The van der Waals surface area contributed by atoms with Crippen LogP contribution in [-0.4, -0.2) is 44.6 Å². The molecular formula is C15H23NO3. The lowest BCUT2D eigenvalue weighted by Crippen LogP contribution is -2.30. The molecule has 0 radical (unpaired) electrons. The summed E-state index contributed by atoms with van der Waals surface area (Å²) < 4.78 is 10.7. The summed E-state index contributed by atoms with van der Waals surface area (Å²) in [7, 11) is 1.60. The zero-order valence-electron chi connectivity index (χ0n) is 11.5. The Morgan fingerprint density at radius 1 is 1.47 bits per heavy atom. The van der Waals surface area contributed by atoms with Crippen molar-refractivity contribution in [2.45, 2.75) is 25.0 Å². The van der Waals surface area contributed by atoms with E-state index in [1.54, 1.807) is 7.11 Å². The van der Waals surface area contributed by atoms with Gasteiger partial charge in [-0.25, -0.2) is 0 Å². The minimum Gasteiger partial charge on any atom is -0.391 e. The third-order valence-electron chi connectivity index (χ3n) is 3.44. The van der Waals surface area contributed by atoms with Gasteiger partial charge < -0.3 is 19.9 Å². The van der Waals surface area contributed by atoms with Crippen LogP contribution >= 0.6 is 0 Å². The fourth-order valence-electron chi connectivity index (χ4n) is 2.42. The van der Waals surface area contributed by atoms with Gasteiger partial charge in [0.15, 0.2) is 0 Å². The average Bonchev–Trinajstić information content (AvgIpc) is 2.44. The van der Waals surface area contributed by atoms with Crippen molar-refractivity contribution in [3.8, 4) is 0 Å². The molecule has 4 nitrogen and oxygen atoms in total. The predicted molar refractivity (Wildman–Crippen MR) is 74.2 cm³/mol. The maximum atomic E-state index is 9.55. The number of aliphatic hydroxyl groups is 1. The summed E-state index contributed by atoms with van der Waals surface area (Å²) in [6.07, 6.45) is 1.43. The molecule has 0 fully saturated rings. The summed E-state index contributed by atoms with van der Waals surface area (Å²) in [5.74, 6) is 0. The van der Waals surface area contributed by atoms with Gasteiger partial charge in [-0.05, 0) is 30.5 Å². The van der Waals surface area contributed by atoms with Gasteiger partial charge in [-0.1, -0.05) is 24.3 Å². The van der Waals surface area contributed by atoms with Crippen LogP contribution in [0.2, 0.25) is 0 Å². The molecule has 0 amide bonds. The van der Waals surface area contributed by atoms with Crippen molar-refractivity contribution in [3.05, 3.63) is 35.4 Å². The fourth-order valence-corrected chi connectivity index (χ4v) is 2.42. The second-order valence-electron chi connectivity index (χ2n) is 4.91. The Morgan fingerprint density at radius 3 is 3.16 bits per heavy atom. The van der Waals surface area contributed by atoms with Crippen LogP contribution in [0.5, 0.6) is 0 Å². The number of aliphatic hydroxyl groups excluding tert-OH is 1. The molecule has 2 unspecified atom stereocenters. The number of methoxy groups -OCH3 is 1. The van der Waals surface area contributed by atoms with Crippen molar-refractivity contribution in [2.75, 3.05) is 33.4 Å². The standard InChI is InChI=1S/C15H23NO3/c1-18-11-13(17)6-8-16-10-15-14-5-3-2-4-12(14)7-9-19-15/h2-5,13,15-17H,6-11H2,1H3. The van der Waals surface area contributed by atoms with Crippen molar-refractivity contribution < 1.29 is 14.6 Å². The fraction of sp³-hybridized carbons (Fsp3) is 0.600. The molecule has 0 aliphatic carbocycles. The van der Waals surface area contributed by atoms with E-state index in [1.165, 1.54) is 11.1 Å². The highest BCUT2D eigenvalue weighted by molar-refractivity contribution is 5.31. The van der Waals surface area contributed by atoms with Crippen molar-refractivity contribution in [1.29, 1.82) is 0 Å². The van der Waals surface area contributed by atoms with E-state index in [2.05, 4.69) is 29.6 Å². The lowest BCUT2D eigenvalue weighted by atomic mass is 9.97. The molecule has 0 aromatic heterocycles. The Morgan fingerprint density at radius 2 is 2.32 bits per heavy atom. The Kier molecular flexibility index (Phi) is 5.79. The maximum Gasteiger partial charge on any atom is 0.0952 e. The first-order valence-corrected chi connectivity index (χ1v) is 6.88. The summed E-state index contributed by atoms with van der Waals surface area (Å²) in [4.78, 5) is 0. The highest BCUT2D eigenvalue weighted by Gasteiger charge is 2.19. The Balaban J connectivity index is 1.75. The van der Waals surface area contributed by atoms with Crippen LogP contribution in [0, 0.1) is 0 Å². The highest BCUT2D eigenvalue weighted by Crippen LogP contribution is 2.26. The smallest absolute Gasteiger partial charge is 0.0952 e. The molecule has 0 bridgehead atoms. The molecule has 1 heterocycles. The monoisotopic (exact) mass is 265 g/mol. The molecule has 106 valence electrons. The first kappa shape index (κ1) is 14.5. The van der Waals surface area contributed by atoms with Gasteiger partial charge in [0.1, 0.15) is 0 Å². The van der Waals surface area contributed by atoms with E-state index < -0.39 is 6.10 Å². The first-order chi connectivity index (χ1) is 9.31. The zero-order valence-corrected chi connectivity index (χ0v) is 11.5. The molecule has 2 rings (SSSR count). The molecule has 0 saturated heterocycles. The molecule has 2 N–H and O–H groups in total. The molecule has 1 aliphatic rings. The van der Waals surface area contributed by atoms with Crippen molar-refractivity contribution in [1.82, 2.24) is 5.32 Å². The van der Waals surface area contributed by atoms with Crippen LogP contribution in [0.3, 0.4) is 0 Å². The van der Waals surface area contributed by atoms with E-state index in [0.717, 1.165) is 26.1 Å². The van der Waals surface area contributed by atoms with E-state index >= 15 is 0 Å². The number of ether oxygens (including phenoxy) is 2. The summed E-state index contributed by atoms with van der Waals surface area (Å²) in [6.45, 7) is 2.74. The third-order valence-corrected chi connectivity index (χ3v) is 3.44. The van der Waals surface area contributed by atoms with Crippen LogP contribution in [0.25, 0.3) is 0 Å². The molecule has 19 heavy (non-hydrogen) atoms. The topological polar surface area (TPSA) is 50.7 Å². The van der Waals surface area contributed by atoms with Gasteiger partial charge in [0, 0.05) is 13.7 Å². The van der Waals surface area contributed by atoms with Crippen LogP contribution in [-0.2, 0) is 15.9 Å². The van der Waals surface area contributed by atoms with Crippen molar-refractivity contribution >= 4 is 0 Å². The zero-order chi connectivity index (χ0) is 13.5. The van der Waals surface area contributed by atoms with Gasteiger partial charge in [-0.15, -0.1) is 0 Å². The quantitative estimate of drug-likeness (QED) is 0.729. The van der Waals surface area contributed by atoms with Gasteiger partial charge in [-0.3, -0.25) is 0 Å². The molecule has 0 saturated carbocycles. The summed E-state index contributed by atoms with van der Waals surface area (Å²) in [6, 6.07) is 8.45. The van der Waals surface area contributed by atoms with Crippen LogP contribution < -0.4 is 5.32 Å². The van der Waals surface area contributed by atoms with Gasteiger partial charge in [-0.2, -0.15) is 0 Å². The maximum absolute atomic E-state index is 9.55. The van der Waals surface area contributed by atoms with E-state index in [-0.39, 0.29) is 6.10 Å². The predicted octanol–water partition coefficient (Wildman–Crippen LogP) is 1.29. The largest absolute Gasteiger partial charge is 0.391 e. The summed E-state index contributed by atoms with van der Waals surface area (Å²) >= 11 is 0. The lowest BCUT2D eigenvalue weighted by Gasteiger charge is -2.26. The van der Waals surface area contributed by atoms with E-state index in [4.69, 9.17) is 9.47 Å². The number of fused-ring (bicyclic) bond motifs is 1. The SMILES string of the molecule is COCC(O)CCNCC1OCCc2ccccc21. The Bertz CT molecular complexity index is 383. The lowest BCUT2D eigenvalue weighted by molar-refractivity contribution is 0.0388. The van der Waals surface area contributed by atoms with Gasteiger partial charge in [0.25, 0.3) is 0 Å². The second-order valence-corrected chi connectivity index (χ2v) is 4.91. The summed E-state index contributed by atoms with van der Waals surface area (Å²) in [5.41, 5.74) is 2.68. The number of hydrogen-bond acceptors (Lipinski definition) is 4. The van der Waals surface area contributed by atoms with Gasteiger partial charge in [0.05, 0.1) is 25.4 Å². The Labute approximate surface area is 114 Å². The minimum atomic E-state index is -0.392. The number of hydrogen-bond donors (Lipinski definition) is 2. The molecule has 1 aromatic rings. The molecule has 1 aromatic carbocycles. The molecule has 2 atom stereocenters. The van der Waals surface area contributed by atoms with Crippen LogP contribution in [0.1, 0.15) is 23.7 Å². The minimum absolute atomic E-state index is 0.129. The van der Waals surface area contributed by atoms with Gasteiger partial charge >= 0.3 is 0 Å². The molecular weight excluding hydrogens is 242 g/mol. The normalized spacial score (nSPS) is 20.0. The number of nitrogens with one attached hydrogen (secondary N) is 1. The van der Waals surface area contributed by atoms with Crippen LogP contribution in [0.15, 0.2) is 24.3 Å². The van der Waals surface area contributed by atoms with Crippen LogP contribution in [0.4, 0.5) is 0 Å². The average molecular weight is 265 g/mol. The van der Waals surface area contributed by atoms with Crippen molar-refractivity contribution in [3.63, 3.8) is 0 Å². The Hall–Kier alpha value is -0.940. The van der Waals surface area contributed by atoms with E-state index in [9.17, 15) is 5.11 Å². The third kappa shape index (κ3) is 4.28. The number of benzene rings is 1. The second kappa shape index (κ2) is 7.60.